The molecule has 0 bridgehead atoms. The highest BCUT2D eigenvalue weighted by Gasteiger charge is 2.25. The topological polar surface area (TPSA) is 61.4 Å². The molecule has 0 aromatic heterocycles. The summed E-state index contributed by atoms with van der Waals surface area (Å²) in [6.07, 6.45) is -0.380. The fourth-order valence-electron chi connectivity index (χ4n) is 2.16. The Kier molecular flexibility index (Phi) is 8.17. The summed E-state index contributed by atoms with van der Waals surface area (Å²) in [6, 6.07) is 6.26. The molecule has 4 nitrogen and oxygen atoms in total. The number of β-amino-alcohol motifs (C(OH)–C–C–N with tert-alkyl or cyclic N) is 1. The van der Waals surface area contributed by atoms with Gasteiger partial charge in [-0.1, -0.05) is 6.92 Å². The minimum atomic E-state index is -0.380. The highest BCUT2D eigenvalue weighted by Crippen LogP contribution is 2.21. The van der Waals surface area contributed by atoms with Gasteiger partial charge < -0.3 is 15.7 Å². The second kappa shape index (κ2) is 9.35. The highest BCUT2D eigenvalue weighted by atomic mass is 35.5. The Bertz CT molecular complexity index is 475. The van der Waals surface area contributed by atoms with Crippen molar-refractivity contribution in [3.63, 3.8) is 0 Å². The monoisotopic (exact) mass is 348 g/mol. The summed E-state index contributed by atoms with van der Waals surface area (Å²) in [5.74, 6) is 0.332. The average molecular weight is 349 g/mol. The Balaban J connectivity index is 0.00000242. The van der Waals surface area contributed by atoms with Crippen molar-refractivity contribution >= 4 is 30.1 Å². The molecule has 0 spiro atoms. The number of hydrogen-bond donors (Lipinski definition) is 3. The van der Waals surface area contributed by atoms with Gasteiger partial charge >= 0.3 is 0 Å². The van der Waals surface area contributed by atoms with Crippen LogP contribution >= 0.6 is 24.2 Å². The Morgan fingerprint density at radius 3 is 2.73 bits per heavy atom. The molecular formula is C15H22ClFN2O2S. The maximum absolute atomic E-state index is 12.8. The molecule has 1 saturated heterocycles. The van der Waals surface area contributed by atoms with E-state index >= 15 is 0 Å². The predicted octanol–water partition coefficient (Wildman–Crippen LogP) is 1.67. The van der Waals surface area contributed by atoms with Gasteiger partial charge in [-0.2, -0.15) is 0 Å². The van der Waals surface area contributed by atoms with Crippen LogP contribution in [-0.4, -0.2) is 42.5 Å². The van der Waals surface area contributed by atoms with E-state index in [-0.39, 0.29) is 42.1 Å². The van der Waals surface area contributed by atoms with E-state index in [0.29, 0.717) is 18.8 Å². The van der Waals surface area contributed by atoms with E-state index in [0.717, 1.165) is 11.4 Å². The number of carbonyl (C=O) groups excluding carboxylic acids is 1. The molecule has 22 heavy (non-hydrogen) atoms. The van der Waals surface area contributed by atoms with E-state index in [1.54, 1.807) is 12.1 Å². The molecule has 124 valence electrons. The third kappa shape index (κ3) is 5.76. The fraction of sp³-hybridized carbons (Fsp3) is 0.533. The summed E-state index contributed by atoms with van der Waals surface area (Å²) in [5.41, 5.74) is 0. The van der Waals surface area contributed by atoms with Gasteiger partial charge in [0.25, 0.3) is 0 Å². The van der Waals surface area contributed by atoms with E-state index in [4.69, 9.17) is 0 Å². The Morgan fingerprint density at radius 2 is 2.14 bits per heavy atom. The van der Waals surface area contributed by atoms with E-state index in [1.165, 1.54) is 23.9 Å². The average Bonchev–Trinajstić information content (AvgIpc) is 2.89. The first kappa shape index (κ1) is 19.2. The van der Waals surface area contributed by atoms with Crippen molar-refractivity contribution < 1.29 is 14.3 Å². The Labute approximate surface area is 140 Å². The van der Waals surface area contributed by atoms with Crippen LogP contribution < -0.4 is 10.6 Å². The molecule has 3 atom stereocenters. The fourth-order valence-corrected chi connectivity index (χ4v) is 3.08. The summed E-state index contributed by atoms with van der Waals surface area (Å²) < 4.78 is 12.8. The van der Waals surface area contributed by atoms with Gasteiger partial charge in [0.1, 0.15) is 5.82 Å². The van der Waals surface area contributed by atoms with Gasteiger partial charge in [-0.3, -0.25) is 4.79 Å². The zero-order chi connectivity index (χ0) is 15.2. The number of aliphatic hydroxyl groups excluding tert-OH is 1. The van der Waals surface area contributed by atoms with E-state index in [9.17, 15) is 14.3 Å². The quantitative estimate of drug-likeness (QED) is 0.684. The van der Waals surface area contributed by atoms with Crippen LogP contribution in [0.25, 0.3) is 0 Å². The number of halogens is 2. The molecule has 3 unspecified atom stereocenters. The first-order chi connectivity index (χ1) is 10.1. The number of nitrogens with one attached hydrogen (secondary N) is 2. The summed E-state index contributed by atoms with van der Waals surface area (Å²) in [5, 5.41) is 15.6. The van der Waals surface area contributed by atoms with Crippen molar-refractivity contribution in [1.82, 2.24) is 10.6 Å². The van der Waals surface area contributed by atoms with Gasteiger partial charge in [0.05, 0.1) is 6.10 Å². The SMILES string of the molecule is CC(CSc1ccc(F)cc1)C(=O)NCC1CNCC1O.Cl. The Morgan fingerprint density at radius 1 is 1.45 bits per heavy atom. The third-order valence-corrected chi connectivity index (χ3v) is 4.88. The minimum absolute atomic E-state index is 0. The number of amides is 1. The summed E-state index contributed by atoms with van der Waals surface area (Å²) >= 11 is 1.53. The van der Waals surface area contributed by atoms with Crippen LogP contribution in [0.5, 0.6) is 0 Å². The number of aliphatic hydroxyl groups is 1. The lowest BCUT2D eigenvalue weighted by molar-refractivity contribution is -0.124. The van der Waals surface area contributed by atoms with E-state index < -0.39 is 0 Å². The van der Waals surface area contributed by atoms with Crippen molar-refractivity contribution in [1.29, 1.82) is 0 Å². The van der Waals surface area contributed by atoms with Crippen LogP contribution in [0, 0.1) is 17.7 Å². The molecular weight excluding hydrogens is 327 g/mol. The molecule has 2 rings (SSSR count). The highest BCUT2D eigenvalue weighted by molar-refractivity contribution is 7.99. The van der Waals surface area contributed by atoms with Crippen molar-refractivity contribution in [2.24, 2.45) is 11.8 Å². The summed E-state index contributed by atoms with van der Waals surface area (Å²) in [6.45, 7) is 3.70. The van der Waals surface area contributed by atoms with Crippen LogP contribution in [0.15, 0.2) is 29.2 Å². The van der Waals surface area contributed by atoms with Gasteiger partial charge in [-0.25, -0.2) is 4.39 Å². The van der Waals surface area contributed by atoms with Gasteiger partial charge in [-0.15, -0.1) is 24.2 Å². The molecule has 0 radical (unpaired) electrons. The largest absolute Gasteiger partial charge is 0.391 e. The molecule has 0 aliphatic carbocycles. The molecule has 1 fully saturated rings. The second-order valence-electron chi connectivity index (χ2n) is 5.40. The molecule has 1 heterocycles. The van der Waals surface area contributed by atoms with Crippen molar-refractivity contribution in [3.05, 3.63) is 30.1 Å². The number of carbonyl (C=O) groups is 1. The first-order valence-electron chi connectivity index (χ1n) is 7.11. The minimum Gasteiger partial charge on any atom is -0.391 e. The molecule has 1 aromatic carbocycles. The molecule has 0 saturated carbocycles. The number of thioether (sulfide) groups is 1. The van der Waals surface area contributed by atoms with Gasteiger partial charge in [-0.05, 0) is 24.3 Å². The molecule has 3 N–H and O–H groups in total. The third-order valence-electron chi connectivity index (χ3n) is 3.60. The summed E-state index contributed by atoms with van der Waals surface area (Å²) in [4.78, 5) is 12.9. The van der Waals surface area contributed by atoms with Crippen molar-refractivity contribution in [2.45, 2.75) is 17.9 Å². The normalized spacial score (nSPS) is 22.0. The van der Waals surface area contributed by atoms with Crippen molar-refractivity contribution in [2.75, 3.05) is 25.4 Å². The zero-order valence-electron chi connectivity index (χ0n) is 12.4. The summed E-state index contributed by atoms with van der Waals surface area (Å²) in [7, 11) is 0. The molecule has 1 amide bonds. The first-order valence-corrected chi connectivity index (χ1v) is 8.09. The number of benzene rings is 1. The van der Waals surface area contributed by atoms with E-state index in [2.05, 4.69) is 10.6 Å². The van der Waals surface area contributed by atoms with Crippen LogP contribution in [0.2, 0.25) is 0 Å². The van der Waals surface area contributed by atoms with Crippen LogP contribution in [0.4, 0.5) is 4.39 Å². The lowest BCUT2D eigenvalue weighted by Gasteiger charge is -2.16. The van der Waals surface area contributed by atoms with Gasteiger partial charge in [0.2, 0.25) is 5.91 Å². The van der Waals surface area contributed by atoms with Crippen molar-refractivity contribution in [3.8, 4) is 0 Å². The van der Waals surface area contributed by atoms with Crippen LogP contribution in [0.3, 0.4) is 0 Å². The van der Waals surface area contributed by atoms with Gasteiger partial charge in [0.15, 0.2) is 0 Å². The van der Waals surface area contributed by atoms with E-state index in [1.807, 2.05) is 6.92 Å². The second-order valence-corrected chi connectivity index (χ2v) is 6.49. The smallest absolute Gasteiger partial charge is 0.223 e. The molecule has 1 aliphatic heterocycles. The Hall–Kier alpha value is -0.820. The standard InChI is InChI=1S/C15H21FN2O2S.ClH/c1-10(9-21-13-4-2-12(16)3-5-13)15(20)18-7-11-6-17-8-14(11)19;/h2-5,10-11,14,17,19H,6-9H2,1H3,(H,18,20);1H. The number of hydrogen-bond acceptors (Lipinski definition) is 4. The zero-order valence-corrected chi connectivity index (χ0v) is 14.1. The maximum Gasteiger partial charge on any atom is 0.223 e. The molecule has 1 aliphatic rings. The molecule has 7 heteroatoms. The molecule has 1 aromatic rings. The lowest BCUT2D eigenvalue weighted by Crippen LogP contribution is -2.37. The maximum atomic E-state index is 12.8. The van der Waals surface area contributed by atoms with Crippen LogP contribution in [0.1, 0.15) is 6.92 Å². The number of rotatable bonds is 6. The van der Waals surface area contributed by atoms with Crippen LogP contribution in [-0.2, 0) is 4.79 Å². The lowest BCUT2D eigenvalue weighted by atomic mass is 10.1. The van der Waals surface area contributed by atoms with Gasteiger partial charge in [0, 0.05) is 42.1 Å². The predicted molar refractivity (Wildman–Crippen MR) is 88.9 cm³/mol.